The van der Waals surface area contributed by atoms with Gasteiger partial charge in [0.05, 0.1) is 19.1 Å². The Morgan fingerprint density at radius 2 is 1.83 bits per heavy atom. The molecule has 2 aromatic rings. The Morgan fingerprint density at radius 1 is 1.10 bits per heavy atom. The summed E-state index contributed by atoms with van der Waals surface area (Å²) in [6.07, 6.45) is 0. The number of hydrogen-bond donors (Lipinski definition) is 2. The molecular weight excluding hydrogens is 366 g/mol. The van der Waals surface area contributed by atoms with Crippen molar-refractivity contribution in [2.75, 3.05) is 32.1 Å². The van der Waals surface area contributed by atoms with Gasteiger partial charge in [-0.05, 0) is 69.6 Å². The molecule has 0 saturated carbocycles. The standard InChI is InChI=1S/C23H31N3O3/c1-16-8-6-10-20(14-16)29-13-12-24-23(28)19(4)26(5)15-22(27)25-21-11-7-9-17(2)18(21)3/h6-11,14,19H,12-13,15H2,1-5H3,(H,24,28)(H,25,27). The molecule has 6 nitrogen and oxygen atoms in total. The molecule has 0 heterocycles. The summed E-state index contributed by atoms with van der Waals surface area (Å²) < 4.78 is 5.64. The first-order valence-electron chi connectivity index (χ1n) is 9.81. The largest absolute Gasteiger partial charge is 0.492 e. The second-order valence-electron chi connectivity index (χ2n) is 7.34. The van der Waals surface area contributed by atoms with Crippen LogP contribution in [0.15, 0.2) is 42.5 Å². The van der Waals surface area contributed by atoms with Crippen LogP contribution in [0.3, 0.4) is 0 Å². The lowest BCUT2D eigenvalue weighted by Gasteiger charge is -2.23. The normalized spacial score (nSPS) is 11.8. The van der Waals surface area contributed by atoms with E-state index in [0.29, 0.717) is 13.2 Å². The van der Waals surface area contributed by atoms with E-state index in [1.54, 1.807) is 18.9 Å². The number of carbonyl (C=O) groups excluding carboxylic acids is 2. The fraction of sp³-hybridized carbons (Fsp3) is 0.391. The van der Waals surface area contributed by atoms with E-state index in [9.17, 15) is 9.59 Å². The topological polar surface area (TPSA) is 70.7 Å². The van der Waals surface area contributed by atoms with Crippen molar-refractivity contribution in [2.45, 2.75) is 33.7 Å². The number of rotatable bonds is 9. The highest BCUT2D eigenvalue weighted by Gasteiger charge is 2.20. The molecule has 1 unspecified atom stereocenters. The summed E-state index contributed by atoms with van der Waals surface area (Å²) in [6, 6.07) is 13.1. The quantitative estimate of drug-likeness (QED) is 0.638. The third-order valence-electron chi connectivity index (χ3n) is 4.97. The summed E-state index contributed by atoms with van der Waals surface area (Å²) in [6.45, 7) is 8.68. The van der Waals surface area contributed by atoms with Gasteiger partial charge in [0.25, 0.3) is 0 Å². The zero-order valence-corrected chi connectivity index (χ0v) is 17.9. The molecule has 0 fully saturated rings. The van der Waals surface area contributed by atoms with Crippen LogP contribution in [-0.2, 0) is 9.59 Å². The molecule has 0 aliphatic heterocycles. The van der Waals surface area contributed by atoms with Crippen molar-refractivity contribution < 1.29 is 14.3 Å². The first kappa shape index (κ1) is 22.4. The van der Waals surface area contributed by atoms with Gasteiger partial charge in [-0.15, -0.1) is 0 Å². The number of likely N-dealkylation sites (N-methyl/N-ethyl adjacent to an activating group) is 1. The number of anilines is 1. The van der Waals surface area contributed by atoms with Crippen LogP contribution in [0.25, 0.3) is 0 Å². The van der Waals surface area contributed by atoms with Crippen LogP contribution in [0.1, 0.15) is 23.6 Å². The number of ether oxygens (including phenoxy) is 1. The Kier molecular flexibility index (Phi) is 8.21. The van der Waals surface area contributed by atoms with Gasteiger partial charge in [0, 0.05) is 5.69 Å². The number of aryl methyl sites for hydroxylation is 2. The molecule has 2 aromatic carbocycles. The Morgan fingerprint density at radius 3 is 2.55 bits per heavy atom. The fourth-order valence-electron chi connectivity index (χ4n) is 2.84. The zero-order chi connectivity index (χ0) is 21.4. The molecule has 0 aliphatic carbocycles. The van der Waals surface area contributed by atoms with Crippen LogP contribution in [0.2, 0.25) is 0 Å². The minimum absolute atomic E-state index is 0.127. The SMILES string of the molecule is Cc1cccc(OCCNC(=O)C(C)N(C)CC(=O)Nc2cccc(C)c2C)c1. The van der Waals surface area contributed by atoms with E-state index < -0.39 is 6.04 Å². The molecule has 0 aromatic heterocycles. The minimum atomic E-state index is -0.432. The maximum absolute atomic E-state index is 12.4. The van der Waals surface area contributed by atoms with Crippen molar-refractivity contribution in [3.05, 3.63) is 59.2 Å². The molecule has 2 N–H and O–H groups in total. The number of amides is 2. The van der Waals surface area contributed by atoms with E-state index in [-0.39, 0.29) is 18.4 Å². The molecule has 0 saturated heterocycles. The van der Waals surface area contributed by atoms with Crippen LogP contribution in [0.5, 0.6) is 5.75 Å². The van der Waals surface area contributed by atoms with Gasteiger partial charge < -0.3 is 15.4 Å². The van der Waals surface area contributed by atoms with Gasteiger partial charge in [-0.1, -0.05) is 24.3 Å². The Labute approximate surface area is 173 Å². The predicted molar refractivity (Wildman–Crippen MR) is 116 cm³/mol. The summed E-state index contributed by atoms with van der Waals surface area (Å²) in [5, 5.41) is 5.77. The van der Waals surface area contributed by atoms with E-state index in [4.69, 9.17) is 4.74 Å². The van der Waals surface area contributed by atoms with Crippen molar-refractivity contribution in [3.8, 4) is 5.75 Å². The smallest absolute Gasteiger partial charge is 0.238 e. The van der Waals surface area contributed by atoms with E-state index in [0.717, 1.165) is 28.1 Å². The van der Waals surface area contributed by atoms with Crippen molar-refractivity contribution in [1.29, 1.82) is 0 Å². The highest BCUT2D eigenvalue weighted by molar-refractivity contribution is 5.93. The van der Waals surface area contributed by atoms with Gasteiger partial charge in [0.1, 0.15) is 12.4 Å². The first-order chi connectivity index (χ1) is 13.8. The van der Waals surface area contributed by atoms with Crippen molar-refractivity contribution in [3.63, 3.8) is 0 Å². The number of carbonyl (C=O) groups is 2. The van der Waals surface area contributed by atoms with Gasteiger partial charge in [-0.2, -0.15) is 0 Å². The highest BCUT2D eigenvalue weighted by atomic mass is 16.5. The lowest BCUT2D eigenvalue weighted by atomic mass is 10.1. The molecule has 6 heteroatoms. The van der Waals surface area contributed by atoms with Crippen LogP contribution in [0.4, 0.5) is 5.69 Å². The second-order valence-corrected chi connectivity index (χ2v) is 7.34. The maximum atomic E-state index is 12.4. The average Bonchev–Trinajstić information content (AvgIpc) is 2.68. The molecule has 1 atom stereocenters. The third-order valence-corrected chi connectivity index (χ3v) is 4.97. The number of nitrogens with one attached hydrogen (secondary N) is 2. The molecule has 0 aliphatic rings. The van der Waals surface area contributed by atoms with Crippen LogP contribution < -0.4 is 15.4 Å². The van der Waals surface area contributed by atoms with Gasteiger partial charge in [0.2, 0.25) is 11.8 Å². The fourth-order valence-corrected chi connectivity index (χ4v) is 2.84. The van der Waals surface area contributed by atoms with Crippen LogP contribution >= 0.6 is 0 Å². The average molecular weight is 398 g/mol. The Bertz CT molecular complexity index is 851. The van der Waals surface area contributed by atoms with E-state index in [1.807, 2.05) is 63.2 Å². The van der Waals surface area contributed by atoms with E-state index in [1.165, 1.54) is 0 Å². The second kappa shape index (κ2) is 10.6. The highest BCUT2D eigenvalue weighted by Crippen LogP contribution is 2.18. The monoisotopic (exact) mass is 397 g/mol. The van der Waals surface area contributed by atoms with Gasteiger partial charge in [-0.25, -0.2) is 0 Å². The molecule has 0 bridgehead atoms. The van der Waals surface area contributed by atoms with Gasteiger partial charge in [-0.3, -0.25) is 14.5 Å². The van der Waals surface area contributed by atoms with Gasteiger partial charge in [0.15, 0.2) is 0 Å². The summed E-state index contributed by atoms with van der Waals surface area (Å²) in [5.41, 5.74) is 4.09. The molecule has 2 rings (SSSR count). The molecule has 2 amide bonds. The summed E-state index contributed by atoms with van der Waals surface area (Å²) in [7, 11) is 1.76. The van der Waals surface area contributed by atoms with Crippen LogP contribution in [-0.4, -0.2) is 49.5 Å². The molecule has 0 radical (unpaired) electrons. The number of nitrogens with zero attached hydrogens (tertiary/aromatic N) is 1. The van der Waals surface area contributed by atoms with Crippen LogP contribution in [0, 0.1) is 20.8 Å². The summed E-state index contributed by atoms with van der Waals surface area (Å²) >= 11 is 0. The maximum Gasteiger partial charge on any atom is 0.238 e. The van der Waals surface area contributed by atoms with Crippen molar-refractivity contribution in [2.24, 2.45) is 0 Å². The summed E-state index contributed by atoms with van der Waals surface area (Å²) in [4.78, 5) is 26.4. The third kappa shape index (κ3) is 6.91. The lowest BCUT2D eigenvalue weighted by molar-refractivity contribution is -0.126. The predicted octanol–water partition coefficient (Wildman–Crippen LogP) is 3.07. The molecular formula is C23H31N3O3. The molecule has 0 spiro atoms. The molecule has 29 heavy (non-hydrogen) atoms. The number of hydrogen-bond acceptors (Lipinski definition) is 4. The van der Waals surface area contributed by atoms with Crippen molar-refractivity contribution >= 4 is 17.5 Å². The van der Waals surface area contributed by atoms with E-state index in [2.05, 4.69) is 10.6 Å². The Balaban J connectivity index is 1.75. The van der Waals surface area contributed by atoms with E-state index >= 15 is 0 Å². The molecule has 156 valence electrons. The Hall–Kier alpha value is -2.86. The van der Waals surface area contributed by atoms with Crippen molar-refractivity contribution in [1.82, 2.24) is 10.2 Å². The first-order valence-corrected chi connectivity index (χ1v) is 9.81. The summed E-state index contributed by atoms with van der Waals surface area (Å²) in [5.74, 6) is 0.496. The zero-order valence-electron chi connectivity index (χ0n) is 17.9. The number of benzene rings is 2. The minimum Gasteiger partial charge on any atom is -0.492 e. The lowest BCUT2D eigenvalue weighted by Crippen LogP contribution is -2.46. The van der Waals surface area contributed by atoms with Gasteiger partial charge >= 0.3 is 0 Å².